The standard InChI is InChI=1S/C18H20FN5/c19-15-3-1-14(2-4-15)11-24-16-10-21-12-22-18(16)23-17(24)9-13-5-7-20-8-6-13/h1-4,10,12-13,20H,5-9,11H2. The molecule has 3 aromatic rings. The summed E-state index contributed by atoms with van der Waals surface area (Å²) in [6.45, 7) is 2.80. The van der Waals surface area contributed by atoms with Crippen LogP contribution in [0.25, 0.3) is 11.2 Å². The molecule has 0 unspecified atom stereocenters. The predicted molar refractivity (Wildman–Crippen MR) is 90.1 cm³/mol. The van der Waals surface area contributed by atoms with Crippen molar-refractivity contribution in [3.05, 3.63) is 54.0 Å². The highest BCUT2D eigenvalue weighted by Gasteiger charge is 2.19. The van der Waals surface area contributed by atoms with Crippen LogP contribution in [0.3, 0.4) is 0 Å². The molecule has 1 aromatic carbocycles. The first-order chi connectivity index (χ1) is 11.8. The van der Waals surface area contributed by atoms with E-state index in [1.807, 2.05) is 18.3 Å². The number of aromatic nitrogens is 4. The highest BCUT2D eigenvalue weighted by molar-refractivity contribution is 5.70. The summed E-state index contributed by atoms with van der Waals surface area (Å²) in [5.74, 6) is 1.47. The summed E-state index contributed by atoms with van der Waals surface area (Å²) in [4.78, 5) is 13.2. The Hall–Kier alpha value is -2.34. The van der Waals surface area contributed by atoms with Crippen LogP contribution in [0.1, 0.15) is 24.2 Å². The number of halogens is 1. The number of rotatable bonds is 4. The number of nitrogens with one attached hydrogen (secondary N) is 1. The fourth-order valence-electron chi connectivity index (χ4n) is 3.36. The molecule has 0 aliphatic carbocycles. The monoisotopic (exact) mass is 325 g/mol. The van der Waals surface area contributed by atoms with Gasteiger partial charge >= 0.3 is 0 Å². The zero-order valence-corrected chi connectivity index (χ0v) is 13.5. The first-order valence-electron chi connectivity index (χ1n) is 8.40. The van der Waals surface area contributed by atoms with Gasteiger partial charge in [0.25, 0.3) is 0 Å². The van der Waals surface area contributed by atoms with Gasteiger partial charge in [0.15, 0.2) is 5.65 Å². The van der Waals surface area contributed by atoms with Gasteiger partial charge in [-0.1, -0.05) is 12.1 Å². The molecule has 0 radical (unpaired) electrons. The van der Waals surface area contributed by atoms with Crippen molar-refractivity contribution >= 4 is 11.2 Å². The summed E-state index contributed by atoms with van der Waals surface area (Å²) in [7, 11) is 0. The van der Waals surface area contributed by atoms with E-state index in [9.17, 15) is 4.39 Å². The van der Waals surface area contributed by atoms with Crippen LogP contribution in [-0.2, 0) is 13.0 Å². The molecule has 4 rings (SSSR count). The molecule has 0 atom stereocenters. The molecule has 0 amide bonds. The number of piperidine rings is 1. The number of nitrogens with zero attached hydrogens (tertiary/aromatic N) is 4. The van der Waals surface area contributed by atoms with Crippen LogP contribution in [0.4, 0.5) is 4.39 Å². The molecule has 124 valence electrons. The normalized spacial score (nSPS) is 15.9. The van der Waals surface area contributed by atoms with Crippen LogP contribution < -0.4 is 5.32 Å². The Morgan fingerprint density at radius 1 is 1.17 bits per heavy atom. The molecule has 1 N–H and O–H groups in total. The van der Waals surface area contributed by atoms with Gasteiger partial charge in [-0.15, -0.1) is 0 Å². The van der Waals surface area contributed by atoms with Gasteiger partial charge < -0.3 is 9.88 Å². The molecule has 3 heterocycles. The lowest BCUT2D eigenvalue weighted by Gasteiger charge is -2.22. The van der Waals surface area contributed by atoms with E-state index in [1.54, 1.807) is 0 Å². The van der Waals surface area contributed by atoms with Crippen LogP contribution in [0.2, 0.25) is 0 Å². The molecular weight excluding hydrogens is 305 g/mol. The van der Waals surface area contributed by atoms with Gasteiger partial charge in [0.1, 0.15) is 23.5 Å². The van der Waals surface area contributed by atoms with Crippen LogP contribution >= 0.6 is 0 Å². The van der Waals surface area contributed by atoms with Crippen LogP contribution in [-0.4, -0.2) is 32.6 Å². The van der Waals surface area contributed by atoms with Crippen LogP contribution in [0.15, 0.2) is 36.8 Å². The highest BCUT2D eigenvalue weighted by Crippen LogP contribution is 2.22. The average molecular weight is 325 g/mol. The fourth-order valence-corrected chi connectivity index (χ4v) is 3.36. The molecule has 6 heteroatoms. The smallest absolute Gasteiger partial charge is 0.181 e. The van der Waals surface area contributed by atoms with Gasteiger partial charge in [0, 0.05) is 13.0 Å². The Balaban J connectivity index is 1.68. The van der Waals surface area contributed by atoms with E-state index in [0.717, 1.165) is 42.1 Å². The summed E-state index contributed by atoms with van der Waals surface area (Å²) in [6.07, 6.45) is 6.63. The Morgan fingerprint density at radius 3 is 2.75 bits per heavy atom. The van der Waals surface area contributed by atoms with Crippen molar-refractivity contribution in [1.29, 1.82) is 0 Å². The predicted octanol–water partition coefficient (Wildman–Crippen LogP) is 2.56. The number of fused-ring (bicyclic) bond motifs is 1. The summed E-state index contributed by atoms with van der Waals surface area (Å²) in [5.41, 5.74) is 2.72. The number of benzene rings is 1. The minimum atomic E-state index is -0.215. The molecule has 1 aliphatic rings. The van der Waals surface area contributed by atoms with E-state index in [4.69, 9.17) is 4.98 Å². The first kappa shape index (κ1) is 15.2. The molecule has 1 saturated heterocycles. The van der Waals surface area contributed by atoms with Gasteiger partial charge in [-0.25, -0.2) is 19.3 Å². The molecule has 0 spiro atoms. The van der Waals surface area contributed by atoms with E-state index >= 15 is 0 Å². The van der Waals surface area contributed by atoms with Crippen molar-refractivity contribution in [2.45, 2.75) is 25.8 Å². The quantitative estimate of drug-likeness (QED) is 0.801. The minimum Gasteiger partial charge on any atom is -0.321 e. The zero-order valence-electron chi connectivity index (χ0n) is 13.5. The number of hydrogen-bond donors (Lipinski definition) is 1. The highest BCUT2D eigenvalue weighted by atomic mass is 19.1. The van der Waals surface area contributed by atoms with E-state index in [1.165, 1.54) is 31.3 Å². The fraction of sp³-hybridized carbons (Fsp3) is 0.389. The van der Waals surface area contributed by atoms with Gasteiger partial charge in [0.05, 0.1) is 6.20 Å². The third-order valence-corrected chi connectivity index (χ3v) is 4.69. The lowest BCUT2D eigenvalue weighted by Crippen LogP contribution is -2.29. The SMILES string of the molecule is Fc1ccc(Cn2c(CC3CCNCC3)nc3ncncc32)cc1. The third kappa shape index (κ3) is 3.14. The van der Waals surface area contributed by atoms with E-state index in [2.05, 4.69) is 19.9 Å². The summed E-state index contributed by atoms with van der Waals surface area (Å²) < 4.78 is 15.3. The number of imidazole rings is 1. The van der Waals surface area contributed by atoms with Crippen molar-refractivity contribution in [3.63, 3.8) is 0 Å². The van der Waals surface area contributed by atoms with Crippen molar-refractivity contribution in [2.24, 2.45) is 5.92 Å². The van der Waals surface area contributed by atoms with Crippen molar-refractivity contribution in [3.8, 4) is 0 Å². The van der Waals surface area contributed by atoms with E-state index in [-0.39, 0.29) is 5.82 Å². The maximum Gasteiger partial charge on any atom is 0.181 e. The maximum absolute atomic E-state index is 13.2. The molecule has 24 heavy (non-hydrogen) atoms. The van der Waals surface area contributed by atoms with E-state index in [0.29, 0.717) is 12.5 Å². The molecular formula is C18H20FN5. The van der Waals surface area contributed by atoms with Gasteiger partial charge in [0.2, 0.25) is 0 Å². The molecule has 0 bridgehead atoms. The second kappa shape index (κ2) is 6.65. The Labute approximate surface area is 140 Å². The van der Waals surface area contributed by atoms with Crippen molar-refractivity contribution in [1.82, 2.24) is 24.8 Å². The van der Waals surface area contributed by atoms with Crippen molar-refractivity contribution in [2.75, 3.05) is 13.1 Å². The lowest BCUT2D eigenvalue weighted by molar-refractivity contribution is 0.364. The zero-order chi connectivity index (χ0) is 16.4. The van der Waals surface area contributed by atoms with E-state index < -0.39 is 0 Å². The Bertz CT molecular complexity index is 821. The summed E-state index contributed by atoms with van der Waals surface area (Å²) in [5, 5.41) is 3.40. The number of hydrogen-bond acceptors (Lipinski definition) is 4. The first-order valence-corrected chi connectivity index (χ1v) is 8.40. The summed E-state index contributed by atoms with van der Waals surface area (Å²) >= 11 is 0. The Morgan fingerprint density at radius 2 is 1.96 bits per heavy atom. The van der Waals surface area contributed by atoms with Crippen LogP contribution in [0, 0.1) is 11.7 Å². The second-order valence-electron chi connectivity index (χ2n) is 6.37. The summed E-state index contributed by atoms with van der Waals surface area (Å²) in [6, 6.07) is 6.63. The topological polar surface area (TPSA) is 55.6 Å². The van der Waals surface area contributed by atoms with Gasteiger partial charge in [-0.2, -0.15) is 0 Å². The second-order valence-corrected chi connectivity index (χ2v) is 6.37. The molecule has 1 aliphatic heterocycles. The largest absolute Gasteiger partial charge is 0.321 e. The molecule has 0 saturated carbocycles. The maximum atomic E-state index is 13.2. The molecule has 5 nitrogen and oxygen atoms in total. The lowest BCUT2D eigenvalue weighted by atomic mass is 9.94. The van der Waals surface area contributed by atoms with Crippen LogP contribution in [0.5, 0.6) is 0 Å². The average Bonchev–Trinajstić information content (AvgIpc) is 2.95. The Kier molecular flexibility index (Phi) is 4.21. The van der Waals surface area contributed by atoms with Gasteiger partial charge in [-0.3, -0.25) is 0 Å². The minimum absolute atomic E-state index is 0.215. The third-order valence-electron chi connectivity index (χ3n) is 4.69. The van der Waals surface area contributed by atoms with Crippen molar-refractivity contribution < 1.29 is 4.39 Å². The van der Waals surface area contributed by atoms with Gasteiger partial charge in [-0.05, 0) is 49.5 Å². The molecule has 2 aromatic heterocycles. The molecule has 1 fully saturated rings.